The Balaban J connectivity index is 1.68. The highest BCUT2D eigenvalue weighted by atomic mass is 127. The second kappa shape index (κ2) is 5.93. The lowest BCUT2D eigenvalue weighted by atomic mass is 9.95. The number of benzene rings is 2. The average molecular weight is 378 g/mol. The largest absolute Gasteiger partial charge is 0.325 e. The number of hydrogen-bond acceptors (Lipinski definition) is 2. The van der Waals surface area contributed by atoms with Gasteiger partial charge in [-0.05, 0) is 64.4 Å². The molecule has 0 bridgehead atoms. The van der Waals surface area contributed by atoms with Gasteiger partial charge in [0.25, 0.3) is 0 Å². The number of carbonyl (C=O) groups is 1. The molecule has 0 aliphatic carbocycles. The first-order valence-electron chi connectivity index (χ1n) is 6.59. The minimum atomic E-state index is -0.163. The molecule has 102 valence electrons. The Morgan fingerprint density at radius 2 is 1.80 bits per heavy atom. The zero-order chi connectivity index (χ0) is 13.9. The molecule has 4 heteroatoms. The summed E-state index contributed by atoms with van der Waals surface area (Å²) in [4.78, 5) is 12.3. The van der Waals surface area contributed by atoms with Gasteiger partial charge in [-0.3, -0.25) is 4.79 Å². The molecule has 1 amide bonds. The van der Waals surface area contributed by atoms with Crippen LogP contribution in [0.5, 0.6) is 0 Å². The zero-order valence-electron chi connectivity index (χ0n) is 10.9. The Kier molecular flexibility index (Phi) is 4.03. The van der Waals surface area contributed by atoms with Crippen LogP contribution >= 0.6 is 22.6 Å². The van der Waals surface area contributed by atoms with Gasteiger partial charge in [0.1, 0.15) is 0 Å². The maximum absolute atomic E-state index is 12.3. The first-order valence-corrected chi connectivity index (χ1v) is 7.67. The molecule has 20 heavy (non-hydrogen) atoms. The zero-order valence-corrected chi connectivity index (χ0v) is 13.1. The molecule has 2 aromatic rings. The maximum atomic E-state index is 12.3. The van der Waals surface area contributed by atoms with Gasteiger partial charge >= 0.3 is 0 Å². The second-order valence-corrected chi connectivity index (χ2v) is 6.15. The third kappa shape index (κ3) is 3.02. The van der Waals surface area contributed by atoms with Crippen molar-refractivity contribution >= 4 is 34.2 Å². The van der Waals surface area contributed by atoms with Crippen LogP contribution in [0, 0.1) is 3.57 Å². The molecule has 0 aromatic heterocycles. The van der Waals surface area contributed by atoms with Crippen LogP contribution in [0.2, 0.25) is 0 Å². The highest BCUT2D eigenvalue weighted by Gasteiger charge is 2.23. The van der Waals surface area contributed by atoms with Crippen LogP contribution in [0.15, 0.2) is 48.5 Å². The molecule has 3 rings (SSSR count). The summed E-state index contributed by atoms with van der Waals surface area (Å²) in [5.41, 5.74) is 3.39. The van der Waals surface area contributed by atoms with Gasteiger partial charge in [0.15, 0.2) is 0 Å². The van der Waals surface area contributed by atoms with Gasteiger partial charge in [0, 0.05) is 15.8 Å². The highest BCUT2D eigenvalue weighted by molar-refractivity contribution is 14.1. The molecule has 0 radical (unpaired) electrons. The maximum Gasteiger partial charge on any atom is 0.241 e. The van der Waals surface area contributed by atoms with Gasteiger partial charge < -0.3 is 10.6 Å². The van der Waals surface area contributed by atoms with Gasteiger partial charge in [-0.15, -0.1) is 0 Å². The van der Waals surface area contributed by atoms with Gasteiger partial charge in [-0.25, -0.2) is 0 Å². The first kappa shape index (κ1) is 13.6. The van der Waals surface area contributed by atoms with Crippen LogP contribution in [0.25, 0.3) is 0 Å². The van der Waals surface area contributed by atoms with E-state index in [4.69, 9.17) is 0 Å². The van der Waals surface area contributed by atoms with Crippen LogP contribution < -0.4 is 10.6 Å². The van der Waals surface area contributed by atoms with E-state index in [9.17, 15) is 4.79 Å². The molecule has 0 saturated carbocycles. The average Bonchev–Trinajstić information content (AvgIpc) is 2.49. The second-order valence-electron chi connectivity index (χ2n) is 4.90. The number of fused-ring (bicyclic) bond motifs is 1. The SMILES string of the molecule is O=C(Nc1ccc(I)cc1)[C@H]1Cc2ccccc2CN1. The number of amides is 1. The van der Waals surface area contributed by atoms with Crippen molar-refractivity contribution in [3.8, 4) is 0 Å². The van der Waals surface area contributed by atoms with E-state index in [0.29, 0.717) is 0 Å². The third-order valence-corrected chi connectivity index (χ3v) is 4.23. The number of anilines is 1. The molecule has 0 fully saturated rings. The van der Waals surface area contributed by atoms with Crippen molar-refractivity contribution in [3.63, 3.8) is 0 Å². The van der Waals surface area contributed by atoms with E-state index in [1.54, 1.807) is 0 Å². The lowest BCUT2D eigenvalue weighted by Crippen LogP contribution is -2.44. The number of rotatable bonds is 2. The Morgan fingerprint density at radius 1 is 1.10 bits per heavy atom. The van der Waals surface area contributed by atoms with Crippen LogP contribution in [0.1, 0.15) is 11.1 Å². The summed E-state index contributed by atoms with van der Waals surface area (Å²) in [7, 11) is 0. The van der Waals surface area contributed by atoms with E-state index in [2.05, 4.69) is 45.4 Å². The summed E-state index contributed by atoms with van der Waals surface area (Å²) in [5.74, 6) is 0.0284. The first-order chi connectivity index (χ1) is 9.72. The van der Waals surface area contributed by atoms with Crippen molar-refractivity contribution in [2.75, 3.05) is 5.32 Å². The van der Waals surface area contributed by atoms with Gasteiger partial charge in [-0.1, -0.05) is 24.3 Å². The monoisotopic (exact) mass is 378 g/mol. The van der Waals surface area contributed by atoms with Gasteiger partial charge in [0.2, 0.25) is 5.91 Å². The smallest absolute Gasteiger partial charge is 0.241 e. The molecule has 1 aliphatic heterocycles. The normalized spacial score (nSPS) is 17.4. The molecule has 2 N–H and O–H groups in total. The quantitative estimate of drug-likeness (QED) is 0.790. The number of carbonyl (C=O) groups excluding carboxylic acids is 1. The van der Waals surface area contributed by atoms with Crippen LogP contribution in [-0.2, 0) is 17.8 Å². The van der Waals surface area contributed by atoms with Gasteiger partial charge in [0.05, 0.1) is 6.04 Å². The van der Waals surface area contributed by atoms with Crippen molar-refractivity contribution in [2.24, 2.45) is 0 Å². The molecule has 0 saturated heterocycles. The van der Waals surface area contributed by atoms with Crippen LogP contribution in [0.3, 0.4) is 0 Å². The Morgan fingerprint density at radius 3 is 2.55 bits per heavy atom. The van der Waals surface area contributed by atoms with Crippen LogP contribution in [0.4, 0.5) is 5.69 Å². The van der Waals surface area contributed by atoms with Gasteiger partial charge in [-0.2, -0.15) is 0 Å². The lowest BCUT2D eigenvalue weighted by Gasteiger charge is -2.25. The van der Waals surface area contributed by atoms with E-state index in [1.165, 1.54) is 11.1 Å². The van der Waals surface area contributed by atoms with Crippen molar-refractivity contribution in [3.05, 3.63) is 63.2 Å². The molecular formula is C16H15IN2O. The minimum absolute atomic E-state index is 0.0284. The van der Waals surface area contributed by atoms with Crippen molar-refractivity contribution in [1.29, 1.82) is 0 Å². The summed E-state index contributed by atoms with van der Waals surface area (Å²) in [6.45, 7) is 0.751. The van der Waals surface area contributed by atoms with Crippen LogP contribution in [-0.4, -0.2) is 11.9 Å². The number of hydrogen-bond donors (Lipinski definition) is 2. The standard InChI is InChI=1S/C16H15IN2O/c17-13-5-7-14(8-6-13)19-16(20)15-9-11-3-1-2-4-12(11)10-18-15/h1-8,15,18H,9-10H2,(H,19,20)/t15-/m1/s1. The Bertz CT molecular complexity index is 625. The summed E-state index contributed by atoms with van der Waals surface area (Å²) >= 11 is 2.25. The van der Waals surface area contributed by atoms with Crippen molar-refractivity contribution < 1.29 is 4.79 Å². The van der Waals surface area contributed by atoms with E-state index in [-0.39, 0.29) is 11.9 Å². The predicted octanol–water partition coefficient (Wildman–Crippen LogP) is 2.94. The minimum Gasteiger partial charge on any atom is -0.325 e. The van der Waals surface area contributed by atoms with E-state index in [0.717, 1.165) is 22.2 Å². The summed E-state index contributed by atoms with van der Waals surface area (Å²) < 4.78 is 1.16. The predicted molar refractivity (Wildman–Crippen MR) is 88.6 cm³/mol. The number of halogens is 1. The van der Waals surface area contributed by atoms with E-state index < -0.39 is 0 Å². The molecular weight excluding hydrogens is 363 g/mol. The van der Waals surface area contributed by atoms with E-state index >= 15 is 0 Å². The lowest BCUT2D eigenvalue weighted by molar-refractivity contribution is -0.118. The fourth-order valence-electron chi connectivity index (χ4n) is 2.40. The fraction of sp³-hybridized carbons (Fsp3) is 0.188. The topological polar surface area (TPSA) is 41.1 Å². The van der Waals surface area contributed by atoms with Crippen molar-refractivity contribution in [1.82, 2.24) is 5.32 Å². The summed E-state index contributed by atoms with van der Waals surface area (Å²) in [6, 6.07) is 15.9. The molecule has 1 atom stereocenters. The fourth-order valence-corrected chi connectivity index (χ4v) is 2.76. The summed E-state index contributed by atoms with van der Waals surface area (Å²) in [6.07, 6.45) is 0.742. The number of nitrogens with one attached hydrogen (secondary N) is 2. The molecule has 1 aliphatic rings. The highest BCUT2D eigenvalue weighted by Crippen LogP contribution is 2.18. The molecule has 1 heterocycles. The summed E-state index contributed by atoms with van der Waals surface area (Å²) in [5, 5.41) is 6.26. The molecule has 2 aromatic carbocycles. The van der Waals surface area contributed by atoms with E-state index in [1.807, 2.05) is 36.4 Å². The Labute approximate surface area is 131 Å². The molecule has 0 spiro atoms. The van der Waals surface area contributed by atoms with Crippen molar-refractivity contribution in [2.45, 2.75) is 19.0 Å². The third-order valence-electron chi connectivity index (χ3n) is 3.51. The Hall–Kier alpha value is -1.40. The molecule has 0 unspecified atom stereocenters. The molecule has 3 nitrogen and oxygen atoms in total.